The van der Waals surface area contributed by atoms with Gasteiger partial charge in [-0.3, -0.25) is 14.4 Å². The highest BCUT2D eigenvalue weighted by molar-refractivity contribution is 5.80. The Hall–Kier alpha value is -2.32. The summed E-state index contributed by atoms with van der Waals surface area (Å²) in [6.45, 7) is 2.10. The van der Waals surface area contributed by atoms with Gasteiger partial charge in [0.15, 0.2) is 6.61 Å². The molecule has 0 bridgehead atoms. The molecule has 1 aliphatic rings. The molecule has 0 atom stereocenters. The Kier molecular flexibility index (Phi) is 5.86. The van der Waals surface area contributed by atoms with E-state index < -0.39 is 36.4 Å². The van der Waals surface area contributed by atoms with E-state index in [4.69, 9.17) is 4.74 Å². The number of carbonyl (C=O) groups excluding carboxylic acids is 2. The van der Waals surface area contributed by atoms with Crippen LogP contribution in [0.5, 0.6) is 0 Å². The number of pyridine rings is 1. The molecular formula is C16H19F3N2O4. The number of piperidine rings is 1. The lowest BCUT2D eigenvalue weighted by atomic mass is 9.99. The third-order valence-corrected chi connectivity index (χ3v) is 4.10. The average molecular weight is 360 g/mol. The van der Waals surface area contributed by atoms with E-state index >= 15 is 0 Å². The van der Waals surface area contributed by atoms with Crippen molar-refractivity contribution >= 4 is 11.9 Å². The fraction of sp³-hybridized carbons (Fsp3) is 0.562. The minimum Gasteiger partial charge on any atom is -0.454 e. The molecule has 6 nitrogen and oxygen atoms in total. The summed E-state index contributed by atoms with van der Waals surface area (Å²) in [5.74, 6) is -0.754. The van der Waals surface area contributed by atoms with Crippen molar-refractivity contribution in [2.75, 3.05) is 19.7 Å². The van der Waals surface area contributed by atoms with Gasteiger partial charge in [0.25, 0.3) is 11.5 Å². The fourth-order valence-corrected chi connectivity index (χ4v) is 2.50. The van der Waals surface area contributed by atoms with Gasteiger partial charge in [0, 0.05) is 25.4 Å². The lowest BCUT2D eigenvalue weighted by molar-refractivity contribution is -0.153. The second kappa shape index (κ2) is 7.71. The van der Waals surface area contributed by atoms with E-state index in [2.05, 4.69) is 6.92 Å². The number of amides is 1. The number of esters is 1. The first-order valence-corrected chi connectivity index (χ1v) is 7.88. The molecule has 0 radical (unpaired) electrons. The van der Waals surface area contributed by atoms with Crippen LogP contribution in [-0.2, 0) is 27.0 Å². The van der Waals surface area contributed by atoms with Gasteiger partial charge in [0.05, 0.1) is 5.56 Å². The van der Waals surface area contributed by atoms with Crippen molar-refractivity contribution in [2.24, 2.45) is 5.92 Å². The second-order valence-electron chi connectivity index (χ2n) is 6.11. The number of aromatic nitrogens is 1. The summed E-state index contributed by atoms with van der Waals surface area (Å²) in [5.41, 5.74) is -1.81. The molecular weight excluding hydrogens is 341 g/mol. The van der Waals surface area contributed by atoms with E-state index in [9.17, 15) is 27.6 Å². The van der Waals surface area contributed by atoms with Gasteiger partial charge in [0.2, 0.25) is 0 Å². The Labute approximate surface area is 142 Å². The van der Waals surface area contributed by atoms with Gasteiger partial charge < -0.3 is 14.2 Å². The summed E-state index contributed by atoms with van der Waals surface area (Å²) in [6.07, 6.45) is -2.32. The normalized spacial score (nSPS) is 15.9. The molecule has 1 amide bonds. The van der Waals surface area contributed by atoms with Crippen LogP contribution in [0.25, 0.3) is 0 Å². The number of likely N-dealkylation sites (tertiary alicyclic amines) is 1. The van der Waals surface area contributed by atoms with Crippen LogP contribution < -0.4 is 5.56 Å². The van der Waals surface area contributed by atoms with Crippen molar-refractivity contribution in [3.05, 3.63) is 34.2 Å². The van der Waals surface area contributed by atoms with Crippen LogP contribution in [-0.4, -0.2) is 41.0 Å². The average Bonchev–Trinajstić information content (AvgIpc) is 2.54. The molecule has 0 saturated carbocycles. The number of ether oxygens (including phenoxy) is 1. The van der Waals surface area contributed by atoms with Gasteiger partial charge >= 0.3 is 12.1 Å². The van der Waals surface area contributed by atoms with E-state index in [1.54, 1.807) is 4.90 Å². The van der Waals surface area contributed by atoms with E-state index in [-0.39, 0.29) is 5.91 Å². The van der Waals surface area contributed by atoms with Crippen LogP contribution >= 0.6 is 0 Å². The molecule has 2 heterocycles. The molecule has 0 N–H and O–H groups in total. The van der Waals surface area contributed by atoms with Crippen LogP contribution in [0, 0.1) is 5.92 Å². The maximum absolute atomic E-state index is 12.6. The van der Waals surface area contributed by atoms with Crippen molar-refractivity contribution in [2.45, 2.75) is 32.5 Å². The van der Waals surface area contributed by atoms with Gasteiger partial charge in [-0.2, -0.15) is 13.2 Å². The number of hydrogen-bond donors (Lipinski definition) is 0. The predicted molar refractivity (Wildman–Crippen MR) is 81.6 cm³/mol. The zero-order valence-electron chi connectivity index (χ0n) is 13.7. The number of nitrogens with zero attached hydrogens (tertiary/aromatic N) is 2. The highest BCUT2D eigenvalue weighted by Crippen LogP contribution is 2.28. The number of halogens is 3. The second-order valence-corrected chi connectivity index (χ2v) is 6.11. The van der Waals surface area contributed by atoms with Crippen LogP contribution in [0.15, 0.2) is 23.1 Å². The lowest BCUT2D eigenvalue weighted by Crippen LogP contribution is -2.40. The van der Waals surface area contributed by atoms with Gasteiger partial charge in [0.1, 0.15) is 6.54 Å². The fourth-order valence-electron chi connectivity index (χ4n) is 2.50. The Balaban J connectivity index is 1.90. The Bertz CT molecular complexity index is 691. The highest BCUT2D eigenvalue weighted by Gasteiger charge is 2.31. The number of alkyl halides is 3. The zero-order chi connectivity index (χ0) is 18.6. The molecule has 0 unspecified atom stereocenters. The summed E-state index contributed by atoms with van der Waals surface area (Å²) in [6, 6.07) is 1.38. The Morgan fingerprint density at radius 1 is 1.24 bits per heavy atom. The maximum atomic E-state index is 12.6. The summed E-state index contributed by atoms with van der Waals surface area (Å²) in [5, 5.41) is 0. The Morgan fingerprint density at radius 3 is 2.48 bits per heavy atom. The molecule has 25 heavy (non-hydrogen) atoms. The monoisotopic (exact) mass is 360 g/mol. The Morgan fingerprint density at radius 2 is 1.88 bits per heavy atom. The van der Waals surface area contributed by atoms with Gasteiger partial charge in [-0.25, -0.2) is 0 Å². The van der Waals surface area contributed by atoms with Gasteiger partial charge in [-0.15, -0.1) is 0 Å². The van der Waals surface area contributed by atoms with Crippen molar-refractivity contribution in [3.63, 3.8) is 0 Å². The predicted octanol–water partition coefficient (Wildman–Crippen LogP) is 1.67. The first-order chi connectivity index (χ1) is 11.7. The standard InChI is InChI=1S/C16H19F3N2O4/c1-11-4-6-20(7-5-11)14(23)10-25-15(24)9-21-8-12(16(17,18)19)2-3-13(21)22/h2-3,8,11H,4-7,9-10H2,1H3. The van der Waals surface area contributed by atoms with Crippen molar-refractivity contribution < 1.29 is 27.5 Å². The zero-order valence-corrected chi connectivity index (χ0v) is 13.7. The van der Waals surface area contributed by atoms with Crippen molar-refractivity contribution in [1.29, 1.82) is 0 Å². The quantitative estimate of drug-likeness (QED) is 0.766. The van der Waals surface area contributed by atoms with Gasteiger partial charge in [-0.1, -0.05) is 6.92 Å². The molecule has 0 aromatic carbocycles. The molecule has 1 fully saturated rings. The minimum atomic E-state index is -4.62. The van der Waals surface area contributed by atoms with E-state index in [0.717, 1.165) is 18.9 Å². The lowest BCUT2D eigenvalue weighted by Gasteiger charge is -2.30. The van der Waals surface area contributed by atoms with Crippen LogP contribution in [0.3, 0.4) is 0 Å². The summed E-state index contributed by atoms with van der Waals surface area (Å²) < 4.78 is 43.3. The molecule has 1 aliphatic heterocycles. The molecule has 1 saturated heterocycles. The molecule has 0 spiro atoms. The summed E-state index contributed by atoms with van der Waals surface area (Å²) in [7, 11) is 0. The van der Waals surface area contributed by atoms with E-state index in [1.807, 2.05) is 0 Å². The smallest absolute Gasteiger partial charge is 0.417 e. The molecule has 1 aromatic heterocycles. The topological polar surface area (TPSA) is 68.6 Å². The van der Waals surface area contributed by atoms with Crippen molar-refractivity contribution in [3.8, 4) is 0 Å². The van der Waals surface area contributed by atoms with Crippen molar-refractivity contribution in [1.82, 2.24) is 9.47 Å². The van der Waals surface area contributed by atoms with Crippen LogP contribution in [0.4, 0.5) is 13.2 Å². The SMILES string of the molecule is CC1CCN(C(=O)COC(=O)Cn2cc(C(F)(F)F)ccc2=O)CC1. The largest absolute Gasteiger partial charge is 0.454 e. The first kappa shape index (κ1) is 19.0. The molecule has 138 valence electrons. The third-order valence-electron chi connectivity index (χ3n) is 4.10. The number of carbonyl (C=O) groups is 2. The number of rotatable bonds is 4. The molecule has 2 rings (SSSR count). The maximum Gasteiger partial charge on any atom is 0.417 e. The van der Waals surface area contributed by atoms with E-state index in [1.165, 1.54) is 0 Å². The molecule has 1 aromatic rings. The van der Waals surface area contributed by atoms with Crippen LogP contribution in [0.1, 0.15) is 25.3 Å². The van der Waals surface area contributed by atoms with Crippen LogP contribution in [0.2, 0.25) is 0 Å². The molecule has 0 aliphatic carbocycles. The third kappa shape index (κ3) is 5.33. The first-order valence-electron chi connectivity index (χ1n) is 7.88. The van der Waals surface area contributed by atoms with E-state index in [0.29, 0.717) is 35.8 Å². The highest BCUT2D eigenvalue weighted by atomic mass is 19.4. The van der Waals surface area contributed by atoms with Gasteiger partial charge in [-0.05, 0) is 24.8 Å². The summed E-state index contributed by atoms with van der Waals surface area (Å²) in [4.78, 5) is 36.8. The minimum absolute atomic E-state index is 0.350. The molecule has 9 heteroatoms. The number of hydrogen-bond acceptors (Lipinski definition) is 4. The summed E-state index contributed by atoms with van der Waals surface area (Å²) >= 11 is 0.